The summed E-state index contributed by atoms with van der Waals surface area (Å²) < 4.78 is 0.181. The number of carbonyl (C=O) groups excluding carboxylic acids is 1. The molecule has 0 spiro atoms. The predicted molar refractivity (Wildman–Crippen MR) is 93.9 cm³/mol. The molecule has 5 rings (SSSR count). The Morgan fingerprint density at radius 3 is 2.23 bits per heavy atom. The van der Waals surface area contributed by atoms with Gasteiger partial charge in [-0.1, -0.05) is 39.1 Å². The number of nitrogens with one attached hydrogen (secondary N) is 1. The maximum atomic E-state index is 13.0. The van der Waals surface area contributed by atoms with Crippen LogP contribution in [0.15, 0.2) is 18.2 Å². The Morgan fingerprint density at radius 2 is 1.68 bits per heavy atom. The number of hydrogen-bond acceptors (Lipinski definition) is 1. The molecule has 118 valence electrons. The van der Waals surface area contributed by atoms with Crippen LogP contribution in [-0.2, 0) is 4.79 Å². The highest BCUT2D eigenvalue weighted by Crippen LogP contribution is 2.64. The second-order valence-electron chi connectivity index (χ2n) is 7.50. The van der Waals surface area contributed by atoms with Gasteiger partial charge in [-0.05, 0) is 68.6 Å². The van der Waals surface area contributed by atoms with Crippen LogP contribution >= 0.6 is 39.1 Å². The zero-order chi connectivity index (χ0) is 15.5. The van der Waals surface area contributed by atoms with Gasteiger partial charge in [0.25, 0.3) is 0 Å². The largest absolute Gasteiger partial charge is 0.326 e. The standard InChI is InChI=1S/C17H18BrCl2NO/c18-17-7-10-1-11(8-17)6-16(5-10,9-17)15(22)21-14-3-12(19)2-13(20)4-14/h2-4,10-11H,1,5-9H2,(H,21,22). The Balaban J connectivity index is 1.60. The number of rotatable bonds is 2. The van der Waals surface area contributed by atoms with Gasteiger partial charge in [-0.25, -0.2) is 0 Å². The first kappa shape index (κ1) is 15.3. The third-order valence-electron chi connectivity index (χ3n) is 5.59. The van der Waals surface area contributed by atoms with E-state index in [1.807, 2.05) is 0 Å². The van der Waals surface area contributed by atoms with Crippen molar-refractivity contribution in [1.82, 2.24) is 0 Å². The topological polar surface area (TPSA) is 29.1 Å². The molecule has 1 aromatic rings. The molecule has 5 heteroatoms. The van der Waals surface area contributed by atoms with Crippen molar-refractivity contribution in [3.8, 4) is 0 Å². The van der Waals surface area contributed by atoms with E-state index in [4.69, 9.17) is 23.2 Å². The maximum absolute atomic E-state index is 13.0. The fourth-order valence-electron chi connectivity index (χ4n) is 5.31. The minimum atomic E-state index is -0.220. The van der Waals surface area contributed by atoms with E-state index in [0.29, 0.717) is 27.6 Å². The van der Waals surface area contributed by atoms with E-state index in [-0.39, 0.29) is 15.6 Å². The lowest BCUT2D eigenvalue weighted by atomic mass is 9.49. The Kier molecular flexibility index (Phi) is 3.56. The lowest BCUT2D eigenvalue weighted by Gasteiger charge is -2.59. The number of alkyl halides is 1. The van der Waals surface area contributed by atoms with Crippen LogP contribution in [0.3, 0.4) is 0 Å². The second-order valence-corrected chi connectivity index (χ2v) is 10.1. The molecule has 4 bridgehead atoms. The van der Waals surface area contributed by atoms with E-state index in [2.05, 4.69) is 21.2 Å². The number of anilines is 1. The summed E-state index contributed by atoms with van der Waals surface area (Å²) in [5.74, 6) is 1.52. The minimum absolute atomic E-state index is 0.142. The number of hydrogen-bond donors (Lipinski definition) is 1. The normalized spacial score (nSPS) is 39.0. The quantitative estimate of drug-likeness (QED) is 0.634. The zero-order valence-corrected chi connectivity index (χ0v) is 15.3. The average molecular weight is 403 g/mol. The van der Waals surface area contributed by atoms with Crippen LogP contribution in [0, 0.1) is 17.3 Å². The molecule has 2 atom stereocenters. The van der Waals surface area contributed by atoms with Crippen LogP contribution in [0.4, 0.5) is 5.69 Å². The first-order chi connectivity index (χ1) is 10.4. The molecule has 4 aliphatic rings. The molecule has 1 amide bonds. The number of halogens is 3. The van der Waals surface area contributed by atoms with Crippen molar-refractivity contribution in [3.05, 3.63) is 28.2 Å². The van der Waals surface area contributed by atoms with E-state index in [1.54, 1.807) is 18.2 Å². The van der Waals surface area contributed by atoms with Crippen molar-refractivity contribution in [2.75, 3.05) is 5.32 Å². The van der Waals surface area contributed by atoms with Crippen LogP contribution in [0.1, 0.15) is 38.5 Å². The summed E-state index contributed by atoms with van der Waals surface area (Å²) in [5.41, 5.74) is 0.476. The zero-order valence-electron chi connectivity index (χ0n) is 12.2. The molecule has 1 N–H and O–H groups in total. The third kappa shape index (κ3) is 2.59. The van der Waals surface area contributed by atoms with E-state index < -0.39 is 0 Å². The minimum Gasteiger partial charge on any atom is -0.326 e. The average Bonchev–Trinajstić information content (AvgIpc) is 2.34. The molecule has 0 radical (unpaired) electrons. The predicted octanol–water partition coefficient (Wildman–Crippen LogP) is 5.67. The molecule has 0 aliphatic heterocycles. The summed E-state index contributed by atoms with van der Waals surface area (Å²) in [5, 5.41) is 4.16. The van der Waals surface area contributed by atoms with E-state index in [1.165, 1.54) is 19.3 Å². The summed E-state index contributed by atoms with van der Waals surface area (Å²) in [7, 11) is 0. The van der Waals surface area contributed by atoms with Gasteiger partial charge in [0.2, 0.25) is 5.91 Å². The molecule has 0 saturated heterocycles. The molecule has 4 aliphatic carbocycles. The van der Waals surface area contributed by atoms with E-state index in [0.717, 1.165) is 19.3 Å². The highest BCUT2D eigenvalue weighted by molar-refractivity contribution is 9.10. The molecule has 4 fully saturated rings. The van der Waals surface area contributed by atoms with Crippen molar-refractivity contribution in [2.45, 2.75) is 42.8 Å². The fourth-order valence-corrected chi connectivity index (χ4v) is 7.28. The fraction of sp³-hybridized carbons (Fsp3) is 0.588. The second kappa shape index (κ2) is 5.12. The summed E-state index contributed by atoms with van der Waals surface area (Å²) in [6.45, 7) is 0. The maximum Gasteiger partial charge on any atom is 0.230 e. The number of amides is 1. The lowest BCUT2D eigenvalue weighted by molar-refractivity contribution is -0.138. The lowest BCUT2D eigenvalue weighted by Crippen LogP contribution is -2.57. The smallest absolute Gasteiger partial charge is 0.230 e. The highest BCUT2D eigenvalue weighted by Gasteiger charge is 2.59. The van der Waals surface area contributed by atoms with Crippen LogP contribution in [0.5, 0.6) is 0 Å². The van der Waals surface area contributed by atoms with Crippen LogP contribution in [0.2, 0.25) is 10.0 Å². The Hall–Kier alpha value is -0.250. The molecule has 1 aromatic carbocycles. The molecule has 2 unspecified atom stereocenters. The molecule has 22 heavy (non-hydrogen) atoms. The Labute approximate surface area is 149 Å². The molecule has 4 saturated carbocycles. The SMILES string of the molecule is O=C(Nc1cc(Cl)cc(Cl)c1)C12CC3CC(CC(Br)(C3)C1)C2. The molecule has 2 nitrogen and oxygen atoms in total. The van der Waals surface area contributed by atoms with Crippen LogP contribution < -0.4 is 5.32 Å². The van der Waals surface area contributed by atoms with Gasteiger partial charge in [0.05, 0.1) is 5.41 Å². The molecule has 0 aromatic heterocycles. The van der Waals surface area contributed by atoms with Crippen molar-refractivity contribution in [1.29, 1.82) is 0 Å². The summed E-state index contributed by atoms with van der Waals surface area (Å²) in [6, 6.07) is 5.20. The third-order valence-corrected chi connectivity index (χ3v) is 6.96. The number of carbonyl (C=O) groups is 1. The van der Waals surface area contributed by atoms with Crippen molar-refractivity contribution >= 4 is 50.7 Å². The van der Waals surface area contributed by atoms with Crippen molar-refractivity contribution < 1.29 is 4.79 Å². The Morgan fingerprint density at radius 1 is 1.09 bits per heavy atom. The van der Waals surface area contributed by atoms with Crippen molar-refractivity contribution in [3.63, 3.8) is 0 Å². The molecular formula is C17H18BrCl2NO. The molecule has 0 heterocycles. The van der Waals surface area contributed by atoms with Gasteiger partial charge < -0.3 is 5.32 Å². The van der Waals surface area contributed by atoms with Gasteiger partial charge in [0, 0.05) is 20.1 Å². The van der Waals surface area contributed by atoms with E-state index >= 15 is 0 Å². The number of benzene rings is 1. The summed E-state index contributed by atoms with van der Waals surface area (Å²) in [4.78, 5) is 13.0. The summed E-state index contributed by atoms with van der Waals surface area (Å²) >= 11 is 16.0. The highest BCUT2D eigenvalue weighted by atomic mass is 79.9. The van der Waals surface area contributed by atoms with Crippen molar-refractivity contribution in [2.24, 2.45) is 17.3 Å². The van der Waals surface area contributed by atoms with Gasteiger partial charge >= 0.3 is 0 Å². The summed E-state index contributed by atoms with van der Waals surface area (Å²) in [6.07, 6.45) is 6.75. The van der Waals surface area contributed by atoms with E-state index in [9.17, 15) is 4.79 Å². The molecular weight excluding hydrogens is 385 g/mol. The van der Waals surface area contributed by atoms with Crippen LogP contribution in [-0.4, -0.2) is 10.2 Å². The van der Waals surface area contributed by atoms with Gasteiger partial charge in [-0.2, -0.15) is 0 Å². The Bertz CT molecular complexity index is 613. The first-order valence-corrected chi connectivity index (χ1v) is 9.37. The van der Waals surface area contributed by atoms with Gasteiger partial charge in [0.1, 0.15) is 0 Å². The van der Waals surface area contributed by atoms with Gasteiger partial charge in [-0.3, -0.25) is 4.79 Å². The monoisotopic (exact) mass is 401 g/mol. The first-order valence-electron chi connectivity index (χ1n) is 7.82. The van der Waals surface area contributed by atoms with Gasteiger partial charge in [0.15, 0.2) is 0 Å². The van der Waals surface area contributed by atoms with Gasteiger partial charge in [-0.15, -0.1) is 0 Å². The van der Waals surface area contributed by atoms with Crippen LogP contribution in [0.25, 0.3) is 0 Å².